The first-order valence-corrected chi connectivity index (χ1v) is 10.9. The van der Waals surface area contributed by atoms with Crippen LogP contribution < -0.4 is 0 Å². The average Bonchev–Trinajstić information content (AvgIpc) is 3.21. The van der Waals surface area contributed by atoms with Crippen LogP contribution in [0, 0.1) is 0 Å². The number of aliphatic hydroxyl groups excluding tert-OH is 1. The summed E-state index contributed by atoms with van der Waals surface area (Å²) in [7, 11) is 0. The van der Waals surface area contributed by atoms with E-state index in [0.717, 1.165) is 6.42 Å². The Morgan fingerprint density at radius 3 is 2.81 bits per heavy atom. The number of ether oxygens (including phenoxy) is 4. The number of carbonyl (C=O) groups excluding carboxylic acids is 1. The van der Waals surface area contributed by atoms with E-state index in [9.17, 15) is 4.79 Å². The van der Waals surface area contributed by atoms with E-state index in [1.54, 1.807) is 0 Å². The second kappa shape index (κ2) is 10.6. The van der Waals surface area contributed by atoms with Crippen LogP contribution in [0.2, 0.25) is 0 Å². The van der Waals surface area contributed by atoms with E-state index in [1.165, 1.54) is 33.9 Å². The molecule has 168 valence electrons. The second-order valence-corrected chi connectivity index (χ2v) is 7.72. The number of rotatable bonds is 10. The third-order valence-electron chi connectivity index (χ3n) is 5.64. The van der Waals surface area contributed by atoms with Crippen LogP contribution in [0.1, 0.15) is 29.0 Å². The lowest BCUT2D eigenvalue weighted by Crippen LogP contribution is -2.29. The molecule has 0 fully saturated rings. The first-order valence-electron chi connectivity index (χ1n) is 10.9. The minimum absolute atomic E-state index is 0.0362. The summed E-state index contributed by atoms with van der Waals surface area (Å²) in [5, 5.41) is 8.83. The summed E-state index contributed by atoms with van der Waals surface area (Å²) < 4.78 is 22.1. The van der Waals surface area contributed by atoms with Crippen molar-refractivity contribution in [3.63, 3.8) is 0 Å². The summed E-state index contributed by atoms with van der Waals surface area (Å²) >= 11 is 0. The summed E-state index contributed by atoms with van der Waals surface area (Å²) in [6.45, 7) is 4.55. The van der Waals surface area contributed by atoms with Crippen molar-refractivity contribution in [2.75, 3.05) is 33.0 Å². The highest BCUT2D eigenvalue weighted by atomic mass is 16.7. The zero-order valence-electron chi connectivity index (χ0n) is 18.0. The Morgan fingerprint density at radius 1 is 1.12 bits per heavy atom. The van der Waals surface area contributed by atoms with Crippen LogP contribution >= 0.6 is 0 Å². The minimum atomic E-state index is -0.603. The maximum absolute atomic E-state index is 12.5. The van der Waals surface area contributed by atoms with E-state index in [2.05, 4.69) is 49.0 Å². The molecular formula is C26H28O6. The van der Waals surface area contributed by atoms with Gasteiger partial charge in [-0.2, -0.15) is 0 Å². The standard InChI is InChI=1S/C26H28O6/c1-2-11-31-26(28)24-16-19(17-25(32-24)30-14-13-29-12-10-27)21-8-5-9-22-20-7-4-3-6-18(20)15-23(21)22/h2-9,16,19,25,27H,1,10-15,17H2. The number of hydrogen-bond donors (Lipinski definition) is 1. The Kier molecular flexibility index (Phi) is 7.37. The van der Waals surface area contributed by atoms with E-state index in [-0.39, 0.29) is 31.5 Å². The van der Waals surface area contributed by atoms with Gasteiger partial charge in [-0.3, -0.25) is 0 Å². The lowest BCUT2D eigenvalue weighted by molar-refractivity contribution is -0.163. The molecule has 1 N–H and O–H groups in total. The molecule has 32 heavy (non-hydrogen) atoms. The maximum atomic E-state index is 12.5. The summed E-state index contributed by atoms with van der Waals surface area (Å²) in [5.41, 5.74) is 6.26. The number of allylic oxidation sites excluding steroid dienone is 1. The molecule has 4 rings (SSSR count). The van der Waals surface area contributed by atoms with Crippen LogP contribution in [0.4, 0.5) is 0 Å². The Balaban J connectivity index is 1.57. The molecule has 1 aliphatic heterocycles. The maximum Gasteiger partial charge on any atom is 0.373 e. The van der Waals surface area contributed by atoms with Gasteiger partial charge in [0.05, 0.1) is 26.4 Å². The van der Waals surface area contributed by atoms with Crippen molar-refractivity contribution in [1.29, 1.82) is 0 Å². The highest BCUT2D eigenvalue weighted by Gasteiger charge is 2.32. The van der Waals surface area contributed by atoms with Gasteiger partial charge in [0.1, 0.15) is 6.61 Å². The summed E-state index contributed by atoms with van der Waals surface area (Å²) in [6.07, 6.45) is 4.20. The van der Waals surface area contributed by atoms with E-state index in [4.69, 9.17) is 24.1 Å². The molecule has 0 amide bonds. The second-order valence-electron chi connectivity index (χ2n) is 7.72. The van der Waals surface area contributed by atoms with Gasteiger partial charge in [0, 0.05) is 12.3 Å². The van der Waals surface area contributed by atoms with Gasteiger partial charge in [-0.1, -0.05) is 55.1 Å². The first kappa shape index (κ1) is 22.3. The van der Waals surface area contributed by atoms with Gasteiger partial charge in [0.15, 0.2) is 0 Å². The minimum Gasteiger partial charge on any atom is -0.458 e. The third-order valence-corrected chi connectivity index (χ3v) is 5.64. The molecule has 2 aromatic rings. The molecule has 0 saturated carbocycles. The number of fused-ring (bicyclic) bond motifs is 3. The first-order chi connectivity index (χ1) is 15.7. The molecule has 2 unspecified atom stereocenters. The van der Waals surface area contributed by atoms with Crippen LogP contribution in [0.3, 0.4) is 0 Å². The van der Waals surface area contributed by atoms with Gasteiger partial charge in [-0.15, -0.1) is 0 Å². The number of aliphatic hydroxyl groups is 1. The van der Waals surface area contributed by atoms with Crippen molar-refractivity contribution in [2.24, 2.45) is 0 Å². The molecule has 2 atom stereocenters. The highest BCUT2D eigenvalue weighted by molar-refractivity contribution is 5.87. The van der Waals surface area contributed by atoms with Crippen molar-refractivity contribution in [3.05, 3.63) is 83.6 Å². The van der Waals surface area contributed by atoms with Gasteiger partial charge in [-0.05, 0) is 40.3 Å². The lowest BCUT2D eigenvalue weighted by Gasteiger charge is -2.30. The third kappa shape index (κ3) is 4.93. The Hall–Kier alpha value is -2.93. The zero-order chi connectivity index (χ0) is 22.3. The fourth-order valence-corrected chi connectivity index (χ4v) is 4.26. The molecule has 1 heterocycles. The van der Waals surface area contributed by atoms with Crippen molar-refractivity contribution in [2.45, 2.75) is 25.0 Å². The van der Waals surface area contributed by atoms with Crippen LogP contribution in [-0.2, 0) is 30.2 Å². The van der Waals surface area contributed by atoms with Gasteiger partial charge in [-0.25, -0.2) is 4.79 Å². The lowest BCUT2D eigenvalue weighted by atomic mass is 9.87. The molecule has 6 nitrogen and oxygen atoms in total. The molecule has 6 heteroatoms. The molecule has 2 aliphatic rings. The fraction of sp³-hybridized carbons (Fsp3) is 0.346. The molecule has 0 radical (unpaired) electrons. The largest absolute Gasteiger partial charge is 0.458 e. The van der Waals surface area contributed by atoms with E-state index >= 15 is 0 Å². The van der Waals surface area contributed by atoms with Crippen molar-refractivity contribution in [1.82, 2.24) is 0 Å². The van der Waals surface area contributed by atoms with E-state index in [0.29, 0.717) is 19.6 Å². The average molecular weight is 437 g/mol. The molecule has 0 bridgehead atoms. The van der Waals surface area contributed by atoms with Gasteiger partial charge in [0.25, 0.3) is 0 Å². The predicted molar refractivity (Wildman–Crippen MR) is 120 cm³/mol. The molecule has 0 saturated heterocycles. The van der Waals surface area contributed by atoms with Crippen LogP contribution in [-0.4, -0.2) is 50.4 Å². The van der Waals surface area contributed by atoms with Crippen LogP contribution in [0.25, 0.3) is 11.1 Å². The summed E-state index contributed by atoms with van der Waals surface area (Å²) in [5.74, 6) is -0.435. The Bertz CT molecular complexity index is 996. The van der Waals surface area contributed by atoms with Crippen LogP contribution in [0.5, 0.6) is 0 Å². The smallest absolute Gasteiger partial charge is 0.373 e. The summed E-state index contributed by atoms with van der Waals surface area (Å²) in [4.78, 5) is 12.5. The van der Waals surface area contributed by atoms with Crippen LogP contribution in [0.15, 0.2) is 67.0 Å². The van der Waals surface area contributed by atoms with Gasteiger partial charge >= 0.3 is 5.97 Å². The van der Waals surface area contributed by atoms with Crippen molar-refractivity contribution >= 4 is 5.97 Å². The van der Waals surface area contributed by atoms with Gasteiger partial charge < -0.3 is 24.1 Å². The molecule has 0 spiro atoms. The normalized spacial score (nSPS) is 18.8. The van der Waals surface area contributed by atoms with Crippen molar-refractivity contribution in [3.8, 4) is 11.1 Å². The number of esters is 1. The van der Waals surface area contributed by atoms with E-state index in [1.807, 2.05) is 6.08 Å². The highest BCUT2D eigenvalue weighted by Crippen LogP contribution is 2.42. The molecule has 2 aromatic carbocycles. The number of carbonyl (C=O) groups is 1. The quantitative estimate of drug-likeness (QED) is 0.297. The number of hydrogen-bond acceptors (Lipinski definition) is 6. The Labute approximate surface area is 188 Å². The Morgan fingerprint density at radius 2 is 1.97 bits per heavy atom. The fourth-order valence-electron chi connectivity index (χ4n) is 4.26. The predicted octanol–water partition coefficient (Wildman–Crippen LogP) is 3.73. The monoisotopic (exact) mass is 436 g/mol. The molecular weight excluding hydrogens is 408 g/mol. The number of benzene rings is 2. The topological polar surface area (TPSA) is 74.2 Å². The molecule has 0 aromatic heterocycles. The summed E-state index contributed by atoms with van der Waals surface area (Å²) in [6, 6.07) is 14.8. The molecule has 1 aliphatic carbocycles. The SMILES string of the molecule is C=CCOC(=O)C1=CC(c2cccc3c2Cc2ccccc2-3)CC(OCCOCCO)O1. The van der Waals surface area contributed by atoms with E-state index < -0.39 is 12.3 Å². The van der Waals surface area contributed by atoms with Crippen molar-refractivity contribution < 1.29 is 28.8 Å². The zero-order valence-corrected chi connectivity index (χ0v) is 18.0. The van der Waals surface area contributed by atoms with Gasteiger partial charge in [0.2, 0.25) is 12.0 Å².